The number of amides is 1. The van der Waals surface area contributed by atoms with Gasteiger partial charge in [-0.3, -0.25) is 9.59 Å². The lowest BCUT2D eigenvalue weighted by Gasteiger charge is -2.06. The third-order valence-corrected chi connectivity index (χ3v) is 3.22. The average Bonchev–Trinajstić information content (AvgIpc) is 2.41. The highest BCUT2D eigenvalue weighted by Gasteiger charge is 2.12. The van der Waals surface area contributed by atoms with Crippen molar-refractivity contribution in [3.8, 4) is 11.3 Å². The Labute approximate surface area is 112 Å². The number of thioether (sulfide) groups is 1. The van der Waals surface area contributed by atoms with E-state index < -0.39 is 11.5 Å². The van der Waals surface area contributed by atoms with Crippen molar-refractivity contribution < 1.29 is 4.79 Å². The average molecular weight is 277 g/mol. The van der Waals surface area contributed by atoms with E-state index >= 15 is 0 Å². The van der Waals surface area contributed by atoms with Gasteiger partial charge in [-0.25, -0.2) is 0 Å². The fraction of sp³-hybridized carbons (Fsp3) is 0.0909. The number of carbonyl (C=O) groups is 1. The van der Waals surface area contributed by atoms with E-state index in [-0.39, 0.29) is 16.6 Å². The molecule has 1 heterocycles. The molecular formula is C11H11N5O2S. The molecule has 0 spiro atoms. The molecule has 0 aliphatic rings. The number of benzene rings is 1. The monoisotopic (exact) mass is 277 g/mol. The third-order valence-electron chi connectivity index (χ3n) is 2.25. The summed E-state index contributed by atoms with van der Waals surface area (Å²) in [5.41, 5.74) is 5.32. The summed E-state index contributed by atoms with van der Waals surface area (Å²) < 4.78 is 0.864. The van der Waals surface area contributed by atoms with Gasteiger partial charge in [-0.2, -0.15) is 4.68 Å². The molecule has 1 aromatic carbocycles. The van der Waals surface area contributed by atoms with E-state index in [1.807, 2.05) is 6.07 Å². The maximum Gasteiger partial charge on any atom is 0.299 e. The van der Waals surface area contributed by atoms with Gasteiger partial charge >= 0.3 is 0 Å². The summed E-state index contributed by atoms with van der Waals surface area (Å²) in [6.45, 7) is 0. The first kappa shape index (κ1) is 13.1. The fourth-order valence-corrected chi connectivity index (χ4v) is 1.99. The molecule has 0 fully saturated rings. The number of nitrogen functional groups attached to an aromatic ring is 1. The van der Waals surface area contributed by atoms with Gasteiger partial charge in [0, 0.05) is 5.56 Å². The molecule has 0 aliphatic heterocycles. The topological polar surface area (TPSA) is 117 Å². The first-order chi connectivity index (χ1) is 9.09. The molecule has 19 heavy (non-hydrogen) atoms. The number of carbonyl (C=O) groups excluding carboxylic acids is 1. The molecule has 0 atom stereocenters. The van der Waals surface area contributed by atoms with Crippen molar-refractivity contribution in [1.29, 1.82) is 0 Å². The van der Waals surface area contributed by atoms with E-state index in [0.717, 1.165) is 16.4 Å². The lowest BCUT2D eigenvalue weighted by molar-refractivity contribution is -0.115. The van der Waals surface area contributed by atoms with Gasteiger partial charge in [0.1, 0.15) is 0 Å². The molecule has 1 amide bonds. The maximum absolute atomic E-state index is 12.0. The van der Waals surface area contributed by atoms with Crippen LogP contribution in [-0.4, -0.2) is 26.5 Å². The number of nitrogens with zero attached hydrogens (tertiary/aromatic N) is 3. The number of hydrogen-bond acceptors (Lipinski definition) is 6. The summed E-state index contributed by atoms with van der Waals surface area (Å²) in [5, 5.41) is 7.82. The van der Waals surface area contributed by atoms with Crippen LogP contribution < -0.4 is 17.1 Å². The zero-order valence-electron chi connectivity index (χ0n) is 9.81. The zero-order valence-corrected chi connectivity index (χ0v) is 10.6. The first-order valence-electron chi connectivity index (χ1n) is 5.31. The highest BCUT2D eigenvalue weighted by Crippen LogP contribution is 2.14. The van der Waals surface area contributed by atoms with Gasteiger partial charge in [0.2, 0.25) is 11.1 Å². The Balaban J connectivity index is 2.38. The molecule has 98 valence electrons. The van der Waals surface area contributed by atoms with Crippen molar-refractivity contribution >= 4 is 17.7 Å². The van der Waals surface area contributed by atoms with Crippen LogP contribution in [0.25, 0.3) is 11.3 Å². The van der Waals surface area contributed by atoms with Crippen molar-refractivity contribution in [2.24, 2.45) is 5.73 Å². The van der Waals surface area contributed by atoms with Gasteiger partial charge in [-0.1, -0.05) is 42.1 Å². The largest absolute Gasteiger partial charge is 0.369 e. The number of primary amides is 1. The van der Waals surface area contributed by atoms with E-state index in [1.165, 1.54) is 0 Å². The molecule has 1 aromatic heterocycles. The summed E-state index contributed by atoms with van der Waals surface area (Å²) in [6.07, 6.45) is 0. The van der Waals surface area contributed by atoms with Crippen molar-refractivity contribution in [3.63, 3.8) is 0 Å². The van der Waals surface area contributed by atoms with Crippen LogP contribution in [0, 0.1) is 0 Å². The minimum absolute atomic E-state index is 0.0179. The number of nitrogens with two attached hydrogens (primary N) is 2. The van der Waals surface area contributed by atoms with Crippen molar-refractivity contribution in [1.82, 2.24) is 14.9 Å². The molecule has 2 rings (SSSR count). The molecule has 7 nitrogen and oxygen atoms in total. The summed E-state index contributed by atoms with van der Waals surface area (Å²) >= 11 is 0.963. The second kappa shape index (κ2) is 5.53. The van der Waals surface area contributed by atoms with E-state index in [2.05, 4.69) is 10.2 Å². The van der Waals surface area contributed by atoms with Crippen LogP contribution in [0.1, 0.15) is 0 Å². The smallest absolute Gasteiger partial charge is 0.299 e. The minimum atomic E-state index is -0.522. The number of aromatic nitrogens is 3. The SMILES string of the molecule is NC(=O)CSc1nnc(-c2ccccc2)c(=O)n1N. The van der Waals surface area contributed by atoms with Crippen LogP contribution in [0.3, 0.4) is 0 Å². The molecule has 0 aliphatic carbocycles. The Bertz CT molecular complexity index is 656. The summed E-state index contributed by atoms with van der Waals surface area (Å²) in [5.74, 6) is 5.10. The minimum Gasteiger partial charge on any atom is -0.369 e. The number of rotatable bonds is 4. The number of hydrogen-bond donors (Lipinski definition) is 2. The van der Waals surface area contributed by atoms with Gasteiger partial charge in [0.15, 0.2) is 5.69 Å². The van der Waals surface area contributed by atoms with Crippen LogP contribution in [-0.2, 0) is 4.79 Å². The van der Waals surface area contributed by atoms with Gasteiger partial charge in [-0.05, 0) is 0 Å². The second-order valence-electron chi connectivity index (χ2n) is 3.63. The molecule has 0 saturated heterocycles. The summed E-state index contributed by atoms with van der Waals surface area (Å²) in [4.78, 5) is 22.7. The molecule has 8 heteroatoms. The van der Waals surface area contributed by atoms with Crippen LogP contribution in [0.2, 0.25) is 0 Å². The quantitative estimate of drug-likeness (QED) is 0.580. The van der Waals surface area contributed by atoms with Crippen LogP contribution >= 0.6 is 11.8 Å². The first-order valence-corrected chi connectivity index (χ1v) is 6.29. The fourth-order valence-electron chi connectivity index (χ4n) is 1.40. The Morgan fingerprint density at radius 2 is 1.95 bits per heavy atom. The third kappa shape index (κ3) is 2.91. The zero-order chi connectivity index (χ0) is 13.8. The predicted molar refractivity (Wildman–Crippen MR) is 71.8 cm³/mol. The van der Waals surface area contributed by atoms with E-state index in [1.54, 1.807) is 24.3 Å². The molecule has 4 N–H and O–H groups in total. The maximum atomic E-state index is 12.0. The lowest BCUT2D eigenvalue weighted by atomic mass is 10.2. The molecule has 0 bridgehead atoms. The van der Waals surface area contributed by atoms with Gasteiger partial charge < -0.3 is 11.6 Å². The van der Waals surface area contributed by atoms with Gasteiger partial charge in [0.25, 0.3) is 5.56 Å². The van der Waals surface area contributed by atoms with Crippen LogP contribution in [0.5, 0.6) is 0 Å². The van der Waals surface area contributed by atoms with E-state index in [9.17, 15) is 9.59 Å². The molecule has 0 saturated carbocycles. The van der Waals surface area contributed by atoms with E-state index in [0.29, 0.717) is 5.56 Å². The standard InChI is InChI=1S/C11H11N5O2S/c12-8(17)6-19-11-15-14-9(10(18)16(11)13)7-4-2-1-3-5-7/h1-5H,6,13H2,(H2,12,17). The molecule has 2 aromatic rings. The van der Waals surface area contributed by atoms with E-state index in [4.69, 9.17) is 11.6 Å². The van der Waals surface area contributed by atoms with Crippen LogP contribution in [0.4, 0.5) is 0 Å². The van der Waals surface area contributed by atoms with Crippen molar-refractivity contribution in [2.45, 2.75) is 5.16 Å². The van der Waals surface area contributed by atoms with Crippen LogP contribution in [0.15, 0.2) is 40.3 Å². The highest BCUT2D eigenvalue weighted by atomic mass is 32.2. The molecule has 0 radical (unpaired) electrons. The Kier molecular flexibility index (Phi) is 3.81. The Hall–Kier alpha value is -2.35. The van der Waals surface area contributed by atoms with Crippen molar-refractivity contribution in [2.75, 3.05) is 11.6 Å². The predicted octanol–water partition coefficient (Wildman–Crippen LogP) is -0.403. The van der Waals surface area contributed by atoms with Gasteiger partial charge in [0.05, 0.1) is 5.75 Å². The Morgan fingerprint density at radius 1 is 1.26 bits per heavy atom. The van der Waals surface area contributed by atoms with Gasteiger partial charge in [-0.15, -0.1) is 10.2 Å². The summed E-state index contributed by atoms with van der Waals surface area (Å²) in [7, 11) is 0. The second-order valence-corrected chi connectivity index (χ2v) is 4.57. The molecule has 0 unspecified atom stereocenters. The molecular weight excluding hydrogens is 266 g/mol. The summed E-state index contributed by atoms with van der Waals surface area (Å²) in [6, 6.07) is 8.87. The normalized spacial score (nSPS) is 10.3. The lowest BCUT2D eigenvalue weighted by Crippen LogP contribution is -2.32. The van der Waals surface area contributed by atoms with Crippen molar-refractivity contribution in [3.05, 3.63) is 40.7 Å². The Morgan fingerprint density at radius 3 is 2.58 bits per heavy atom. The highest BCUT2D eigenvalue weighted by molar-refractivity contribution is 7.99.